The van der Waals surface area contributed by atoms with E-state index in [-0.39, 0.29) is 11.7 Å². The maximum atomic E-state index is 12.2. The first-order valence-corrected chi connectivity index (χ1v) is 7.31. The molecule has 1 fully saturated rings. The largest absolute Gasteiger partial charge is 0.380 e. The van der Waals surface area contributed by atoms with Crippen molar-refractivity contribution in [2.75, 3.05) is 32.2 Å². The van der Waals surface area contributed by atoms with Crippen LogP contribution in [0.3, 0.4) is 0 Å². The summed E-state index contributed by atoms with van der Waals surface area (Å²) in [6.45, 7) is 0.959. The van der Waals surface area contributed by atoms with Crippen LogP contribution < -0.4 is 4.90 Å². The number of Topliss-reactive ketones (excluding diaryl/α,β-unsaturated/α-hetero) is 1. The molecule has 2 heterocycles. The molecular weight excluding hydrogens is 288 g/mol. The van der Waals surface area contributed by atoms with Crippen molar-refractivity contribution < 1.29 is 9.53 Å². The fraction of sp³-hybridized carbons (Fsp3) is 0.375. The third kappa shape index (κ3) is 2.61. The van der Waals surface area contributed by atoms with Crippen molar-refractivity contribution >= 4 is 33.8 Å². The minimum absolute atomic E-state index is 0.212. The molecule has 1 unspecified atom stereocenters. The van der Waals surface area contributed by atoms with Crippen LogP contribution in [0.25, 0.3) is 10.8 Å². The number of benzene rings is 1. The van der Waals surface area contributed by atoms with Crippen LogP contribution in [0.4, 0.5) is 5.69 Å². The van der Waals surface area contributed by atoms with Gasteiger partial charge in [-0.25, -0.2) is 4.98 Å². The van der Waals surface area contributed by atoms with Crippen LogP contribution in [-0.4, -0.2) is 38.1 Å². The zero-order chi connectivity index (χ0) is 15.0. The van der Waals surface area contributed by atoms with Gasteiger partial charge < -0.3 is 9.64 Å². The Balaban J connectivity index is 2.21. The summed E-state index contributed by atoms with van der Waals surface area (Å²) in [4.78, 5) is 18.4. The molecule has 0 saturated carbocycles. The van der Waals surface area contributed by atoms with Crippen molar-refractivity contribution in [1.82, 2.24) is 4.98 Å². The number of ketones is 1. The van der Waals surface area contributed by atoms with E-state index < -0.39 is 0 Å². The summed E-state index contributed by atoms with van der Waals surface area (Å²) in [6, 6.07) is 5.86. The molecule has 0 aliphatic carbocycles. The summed E-state index contributed by atoms with van der Waals surface area (Å²) >= 11 is 6.06. The van der Waals surface area contributed by atoms with Crippen LogP contribution in [-0.2, 0) is 9.53 Å². The van der Waals surface area contributed by atoms with Gasteiger partial charge in [0.25, 0.3) is 0 Å². The number of rotatable bonds is 2. The fourth-order valence-electron chi connectivity index (χ4n) is 2.82. The first kappa shape index (κ1) is 14.3. The second-order valence-electron chi connectivity index (χ2n) is 5.46. The molecule has 3 rings (SSSR count). The van der Waals surface area contributed by atoms with Crippen molar-refractivity contribution in [3.05, 3.63) is 35.1 Å². The van der Waals surface area contributed by atoms with Crippen LogP contribution in [0.5, 0.6) is 0 Å². The average Bonchev–Trinajstić information content (AvgIpc) is 2.46. The normalized spacial score (nSPS) is 19.0. The first-order valence-electron chi connectivity index (χ1n) is 6.94. The van der Waals surface area contributed by atoms with E-state index in [0.717, 1.165) is 22.0 Å². The predicted molar refractivity (Wildman–Crippen MR) is 84.3 cm³/mol. The van der Waals surface area contributed by atoms with Crippen molar-refractivity contribution in [3.63, 3.8) is 0 Å². The van der Waals surface area contributed by atoms with E-state index in [1.54, 1.807) is 6.20 Å². The Morgan fingerprint density at radius 2 is 2.14 bits per heavy atom. The summed E-state index contributed by atoms with van der Waals surface area (Å²) in [5.41, 5.74) is 2.03. The smallest absolute Gasteiger partial charge is 0.144 e. The van der Waals surface area contributed by atoms with E-state index in [2.05, 4.69) is 4.98 Å². The van der Waals surface area contributed by atoms with Crippen LogP contribution in [0.2, 0.25) is 5.15 Å². The number of hydrogen-bond donors (Lipinski definition) is 0. The molecule has 1 aliphatic rings. The molecule has 1 saturated heterocycles. The molecule has 4 nitrogen and oxygen atoms in total. The molecular formula is C16H17ClN2O2. The van der Waals surface area contributed by atoms with Crippen LogP contribution >= 0.6 is 11.6 Å². The molecule has 110 valence electrons. The van der Waals surface area contributed by atoms with E-state index in [1.165, 1.54) is 0 Å². The summed E-state index contributed by atoms with van der Waals surface area (Å²) in [6.07, 6.45) is 2.24. The lowest BCUT2D eigenvalue weighted by atomic mass is 9.88. The Kier molecular flexibility index (Phi) is 3.83. The Morgan fingerprint density at radius 1 is 1.33 bits per heavy atom. The number of carbonyl (C=O) groups is 1. The van der Waals surface area contributed by atoms with Gasteiger partial charge in [0.1, 0.15) is 10.9 Å². The minimum atomic E-state index is -0.212. The first-order chi connectivity index (χ1) is 10.1. The minimum Gasteiger partial charge on any atom is -0.380 e. The molecule has 2 aromatic rings. The van der Waals surface area contributed by atoms with E-state index in [1.807, 2.05) is 37.2 Å². The molecule has 0 spiro atoms. The number of ether oxygens (including phenoxy) is 1. The topological polar surface area (TPSA) is 42.4 Å². The van der Waals surface area contributed by atoms with Gasteiger partial charge in [-0.05, 0) is 23.1 Å². The number of anilines is 1. The Labute approximate surface area is 128 Å². The highest BCUT2D eigenvalue weighted by atomic mass is 35.5. The highest BCUT2D eigenvalue weighted by Gasteiger charge is 2.26. The van der Waals surface area contributed by atoms with Crippen molar-refractivity contribution in [2.24, 2.45) is 0 Å². The second kappa shape index (κ2) is 5.62. The van der Waals surface area contributed by atoms with Crippen molar-refractivity contribution in [1.29, 1.82) is 0 Å². The third-order valence-electron chi connectivity index (χ3n) is 3.90. The van der Waals surface area contributed by atoms with Gasteiger partial charge in [-0.2, -0.15) is 0 Å². The lowest BCUT2D eigenvalue weighted by Crippen LogP contribution is -2.26. The van der Waals surface area contributed by atoms with Gasteiger partial charge in [0, 0.05) is 37.8 Å². The molecule has 21 heavy (non-hydrogen) atoms. The average molecular weight is 305 g/mol. The van der Waals surface area contributed by atoms with Crippen molar-refractivity contribution in [3.8, 4) is 0 Å². The number of fused-ring (bicyclic) bond motifs is 1. The molecule has 0 bridgehead atoms. The van der Waals surface area contributed by atoms with E-state index in [9.17, 15) is 4.79 Å². The monoisotopic (exact) mass is 304 g/mol. The quantitative estimate of drug-likeness (QED) is 0.800. The van der Waals surface area contributed by atoms with Gasteiger partial charge in [0.2, 0.25) is 0 Å². The summed E-state index contributed by atoms with van der Waals surface area (Å²) in [5.74, 6) is 0.0176. The molecule has 0 N–H and O–H groups in total. The van der Waals surface area contributed by atoms with Gasteiger partial charge in [-0.3, -0.25) is 4.79 Å². The van der Waals surface area contributed by atoms with Gasteiger partial charge >= 0.3 is 0 Å². The zero-order valence-electron chi connectivity index (χ0n) is 12.1. The third-order valence-corrected chi connectivity index (χ3v) is 4.11. The predicted octanol–water partition coefficient (Wildman–Crippen LogP) is 3.03. The SMILES string of the molecule is CN(C)c1ccc(C2COCCC2=O)c2cc(Cl)ncc12. The molecule has 5 heteroatoms. The van der Waals surface area contributed by atoms with Crippen LogP contribution in [0.1, 0.15) is 17.9 Å². The lowest BCUT2D eigenvalue weighted by molar-refractivity contribution is -0.126. The Bertz CT molecular complexity index is 700. The summed E-state index contributed by atoms with van der Waals surface area (Å²) in [5, 5.41) is 2.41. The standard InChI is InChI=1S/C16H17ClN2O2/c1-19(2)14-4-3-10(13-9-21-6-5-15(13)20)11-7-16(17)18-8-12(11)14/h3-4,7-8,13H,5-6,9H2,1-2H3. The van der Waals surface area contributed by atoms with Crippen LogP contribution in [0, 0.1) is 0 Å². The number of nitrogens with zero attached hydrogens (tertiary/aromatic N) is 2. The molecule has 1 aromatic heterocycles. The van der Waals surface area contributed by atoms with Crippen molar-refractivity contribution in [2.45, 2.75) is 12.3 Å². The Hall–Kier alpha value is -1.65. The van der Waals surface area contributed by atoms with Gasteiger partial charge in [0.15, 0.2) is 0 Å². The maximum absolute atomic E-state index is 12.2. The molecule has 1 atom stereocenters. The fourth-order valence-corrected chi connectivity index (χ4v) is 2.98. The van der Waals surface area contributed by atoms with E-state index in [4.69, 9.17) is 16.3 Å². The number of pyridine rings is 1. The molecule has 0 radical (unpaired) electrons. The summed E-state index contributed by atoms with van der Waals surface area (Å²) in [7, 11) is 3.97. The molecule has 0 amide bonds. The highest BCUT2D eigenvalue weighted by molar-refractivity contribution is 6.30. The molecule has 1 aromatic carbocycles. The number of carbonyl (C=O) groups excluding carboxylic acids is 1. The zero-order valence-corrected chi connectivity index (χ0v) is 12.9. The highest BCUT2D eigenvalue weighted by Crippen LogP contribution is 2.35. The Morgan fingerprint density at radius 3 is 2.86 bits per heavy atom. The van der Waals surface area contributed by atoms with Gasteiger partial charge in [0.05, 0.1) is 19.1 Å². The van der Waals surface area contributed by atoms with Crippen LogP contribution in [0.15, 0.2) is 24.4 Å². The van der Waals surface area contributed by atoms with Gasteiger partial charge in [-0.15, -0.1) is 0 Å². The van der Waals surface area contributed by atoms with E-state index in [0.29, 0.717) is 24.8 Å². The number of aromatic nitrogens is 1. The number of halogens is 1. The number of hydrogen-bond acceptors (Lipinski definition) is 4. The van der Waals surface area contributed by atoms with E-state index >= 15 is 0 Å². The maximum Gasteiger partial charge on any atom is 0.144 e. The summed E-state index contributed by atoms with van der Waals surface area (Å²) < 4.78 is 5.48. The molecule has 1 aliphatic heterocycles. The second-order valence-corrected chi connectivity index (χ2v) is 5.85. The van der Waals surface area contributed by atoms with Gasteiger partial charge in [-0.1, -0.05) is 17.7 Å². The lowest BCUT2D eigenvalue weighted by Gasteiger charge is -2.24.